The number of nitrogens with zero attached hydrogens (tertiary/aromatic N) is 2. The molecule has 4 heteroatoms. The van der Waals surface area contributed by atoms with Crippen molar-refractivity contribution in [1.29, 1.82) is 0 Å². The summed E-state index contributed by atoms with van der Waals surface area (Å²) in [5, 5.41) is 11.4. The molecular formula is C14H28N4. The van der Waals surface area contributed by atoms with Gasteiger partial charge in [0.15, 0.2) is 0 Å². The Kier molecular flexibility index (Phi) is 6.98. The topological polar surface area (TPSA) is 41.9 Å². The van der Waals surface area contributed by atoms with E-state index in [0.29, 0.717) is 0 Å². The van der Waals surface area contributed by atoms with Gasteiger partial charge in [-0.25, -0.2) is 0 Å². The van der Waals surface area contributed by atoms with E-state index in [-0.39, 0.29) is 0 Å². The maximum atomic E-state index is 4.55. The van der Waals surface area contributed by atoms with Gasteiger partial charge < -0.3 is 10.6 Å². The predicted molar refractivity (Wildman–Crippen MR) is 77.1 cm³/mol. The molecule has 0 fully saturated rings. The molecule has 0 aliphatic carbocycles. The van der Waals surface area contributed by atoms with Crippen LogP contribution in [-0.2, 0) is 13.0 Å². The number of hydrogen-bond acceptors (Lipinski definition) is 3. The molecule has 0 bridgehead atoms. The summed E-state index contributed by atoms with van der Waals surface area (Å²) in [7, 11) is 0. The summed E-state index contributed by atoms with van der Waals surface area (Å²) in [5.41, 5.74) is 3.92. The largest absolute Gasteiger partial charge is 0.317 e. The molecule has 1 aromatic rings. The van der Waals surface area contributed by atoms with Crippen LogP contribution in [0.1, 0.15) is 37.2 Å². The van der Waals surface area contributed by atoms with E-state index in [2.05, 4.69) is 48.1 Å². The van der Waals surface area contributed by atoms with Gasteiger partial charge in [-0.05, 0) is 65.4 Å². The van der Waals surface area contributed by atoms with Gasteiger partial charge in [-0.3, -0.25) is 4.68 Å². The van der Waals surface area contributed by atoms with Crippen molar-refractivity contribution in [2.75, 3.05) is 26.2 Å². The molecule has 2 N–H and O–H groups in total. The second kappa shape index (κ2) is 8.27. The summed E-state index contributed by atoms with van der Waals surface area (Å²) < 4.78 is 2.09. The normalized spacial score (nSPS) is 11.1. The van der Waals surface area contributed by atoms with Crippen molar-refractivity contribution in [1.82, 2.24) is 20.4 Å². The first-order valence-corrected chi connectivity index (χ1v) is 7.15. The zero-order valence-corrected chi connectivity index (χ0v) is 12.3. The third kappa shape index (κ3) is 4.42. The first kappa shape index (κ1) is 15.2. The minimum absolute atomic E-state index is 0.961. The fraction of sp³-hybridized carbons (Fsp3) is 0.786. The molecule has 0 radical (unpaired) electrons. The first-order valence-electron chi connectivity index (χ1n) is 7.15. The van der Waals surface area contributed by atoms with E-state index in [4.69, 9.17) is 0 Å². The van der Waals surface area contributed by atoms with Gasteiger partial charge in [-0.2, -0.15) is 5.10 Å². The van der Waals surface area contributed by atoms with Crippen LogP contribution < -0.4 is 10.6 Å². The molecule has 0 unspecified atom stereocenters. The van der Waals surface area contributed by atoms with E-state index < -0.39 is 0 Å². The number of aryl methyl sites for hydroxylation is 2. The molecule has 104 valence electrons. The molecule has 0 spiro atoms. The van der Waals surface area contributed by atoms with Crippen LogP contribution in [0.5, 0.6) is 0 Å². The fourth-order valence-corrected chi connectivity index (χ4v) is 2.26. The lowest BCUT2D eigenvalue weighted by atomic mass is 10.1. The van der Waals surface area contributed by atoms with Crippen molar-refractivity contribution in [3.05, 3.63) is 17.0 Å². The number of aromatic nitrogens is 2. The van der Waals surface area contributed by atoms with Crippen LogP contribution in [0.2, 0.25) is 0 Å². The van der Waals surface area contributed by atoms with Crippen LogP contribution in [-0.4, -0.2) is 36.0 Å². The molecule has 0 aliphatic heterocycles. The molecule has 0 aromatic carbocycles. The third-order valence-electron chi connectivity index (χ3n) is 3.34. The van der Waals surface area contributed by atoms with Crippen LogP contribution in [0.3, 0.4) is 0 Å². The Morgan fingerprint density at radius 1 is 1.06 bits per heavy atom. The van der Waals surface area contributed by atoms with Gasteiger partial charge in [0.2, 0.25) is 0 Å². The van der Waals surface area contributed by atoms with Crippen LogP contribution >= 0.6 is 0 Å². The van der Waals surface area contributed by atoms with Crippen molar-refractivity contribution in [3.8, 4) is 0 Å². The summed E-state index contributed by atoms with van der Waals surface area (Å²) >= 11 is 0. The lowest BCUT2D eigenvalue weighted by Gasteiger charge is -2.06. The molecule has 1 aromatic heterocycles. The molecule has 4 nitrogen and oxygen atoms in total. The van der Waals surface area contributed by atoms with E-state index in [1.54, 1.807) is 0 Å². The SMILES string of the molecule is CCNCCCNCCc1c(C)nn(CC)c1C. The van der Waals surface area contributed by atoms with Crippen molar-refractivity contribution in [3.63, 3.8) is 0 Å². The monoisotopic (exact) mass is 252 g/mol. The van der Waals surface area contributed by atoms with E-state index in [0.717, 1.165) is 39.1 Å². The van der Waals surface area contributed by atoms with Gasteiger partial charge in [-0.1, -0.05) is 6.92 Å². The highest BCUT2D eigenvalue weighted by molar-refractivity contribution is 5.24. The van der Waals surface area contributed by atoms with Gasteiger partial charge in [0.05, 0.1) is 5.69 Å². The zero-order chi connectivity index (χ0) is 13.4. The Balaban J connectivity index is 2.25. The number of rotatable bonds is 9. The fourth-order valence-electron chi connectivity index (χ4n) is 2.26. The summed E-state index contributed by atoms with van der Waals surface area (Å²) in [5.74, 6) is 0. The van der Waals surface area contributed by atoms with Crippen LogP contribution in [0, 0.1) is 13.8 Å². The average molecular weight is 252 g/mol. The molecule has 0 saturated carbocycles. The Hall–Kier alpha value is -0.870. The third-order valence-corrected chi connectivity index (χ3v) is 3.34. The Morgan fingerprint density at radius 3 is 2.39 bits per heavy atom. The van der Waals surface area contributed by atoms with Crippen LogP contribution in [0.4, 0.5) is 0 Å². The van der Waals surface area contributed by atoms with Crippen molar-refractivity contribution < 1.29 is 0 Å². The maximum Gasteiger partial charge on any atom is 0.0628 e. The Bertz CT molecular complexity index is 344. The number of nitrogens with one attached hydrogen (secondary N) is 2. The molecule has 1 rings (SSSR count). The average Bonchev–Trinajstić information content (AvgIpc) is 2.64. The van der Waals surface area contributed by atoms with Crippen molar-refractivity contribution in [2.24, 2.45) is 0 Å². The van der Waals surface area contributed by atoms with Gasteiger partial charge in [0.1, 0.15) is 0 Å². The summed E-state index contributed by atoms with van der Waals surface area (Å²) in [4.78, 5) is 0. The van der Waals surface area contributed by atoms with Crippen molar-refractivity contribution >= 4 is 0 Å². The standard InChI is InChI=1S/C14H28N4/c1-5-15-9-7-10-16-11-8-14-12(3)17-18(6-2)13(14)4/h15-16H,5-11H2,1-4H3. The van der Waals surface area contributed by atoms with Crippen LogP contribution in [0.25, 0.3) is 0 Å². The van der Waals surface area contributed by atoms with Gasteiger partial charge in [0, 0.05) is 12.2 Å². The minimum Gasteiger partial charge on any atom is -0.317 e. The van der Waals surface area contributed by atoms with Gasteiger partial charge in [-0.15, -0.1) is 0 Å². The van der Waals surface area contributed by atoms with E-state index in [9.17, 15) is 0 Å². The smallest absolute Gasteiger partial charge is 0.0628 e. The summed E-state index contributed by atoms with van der Waals surface area (Å²) in [6, 6.07) is 0. The van der Waals surface area contributed by atoms with E-state index >= 15 is 0 Å². The molecular weight excluding hydrogens is 224 g/mol. The zero-order valence-electron chi connectivity index (χ0n) is 12.3. The van der Waals surface area contributed by atoms with E-state index in [1.165, 1.54) is 23.4 Å². The van der Waals surface area contributed by atoms with Crippen molar-refractivity contribution in [2.45, 2.75) is 47.1 Å². The lowest BCUT2D eigenvalue weighted by molar-refractivity contribution is 0.604. The summed E-state index contributed by atoms with van der Waals surface area (Å²) in [6.45, 7) is 13.8. The Labute approximate surface area is 111 Å². The molecule has 18 heavy (non-hydrogen) atoms. The quantitative estimate of drug-likeness (QED) is 0.657. The number of hydrogen-bond donors (Lipinski definition) is 2. The molecule has 0 aliphatic rings. The molecule has 1 heterocycles. The predicted octanol–water partition coefficient (Wildman–Crippen LogP) is 1.65. The van der Waals surface area contributed by atoms with E-state index in [1.807, 2.05) is 0 Å². The second-order valence-corrected chi connectivity index (χ2v) is 4.67. The van der Waals surface area contributed by atoms with Gasteiger partial charge >= 0.3 is 0 Å². The second-order valence-electron chi connectivity index (χ2n) is 4.67. The maximum absolute atomic E-state index is 4.55. The summed E-state index contributed by atoms with van der Waals surface area (Å²) in [6.07, 6.45) is 2.28. The molecule has 0 saturated heterocycles. The minimum atomic E-state index is 0.961. The highest BCUT2D eigenvalue weighted by Gasteiger charge is 2.09. The first-order chi connectivity index (χ1) is 8.70. The molecule has 0 atom stereocenters. The molecule has 0 amide bonds. The highest BCUT2D eigenvalue weighted by Crippen LogP contribution is 2.13. The lowest BCUT2D eigenvalue weighted by Crippen LogP contribution is -2.23. The van der Waals surface area contributed by atoms with Gasteiger partial charge in [0.25, 0.3) is 0 Å². The van der Waals surface area contributed by atoms with Crippen LogP contribution in [0.15, 0.2) is 0 Å². The Morgan fingerprint density at radius 2 is 1.78 bits per heavy atom. The highest BCUT2D eigenvalue weighted by atomic mass is 15.3.